The highest BCUT2D eigenvalue weighted by Crippen LogP contribution is 2.30. The Morgan fingerprint density at radius 1 is 1.03 bits per heavy atom. The van der Waals surface area contributed by atoms with Crippen LogP contribution in [0.1, 0.15) is 40.6 Å². The minimum Gasteiger partial charge on any atom is -0.443 e. The number of carbonyl (C=O) groups excluding carboxylic acids is 1. The Morgan fingerprint density at radius 2 is 1.75 bits per heavy atom. The summed E-state index contributed by atoms with van der Waals surface area (Å²) in [7, 11) is -3.39. The van der Waals surface area contributed by atoms with Crippen molar-refractivity contribution in [2.45, 2.75) is 37.1 Å². The molecule has 5 rings (SSSR count). The molecule has 1 fully saturated rings. The van der Waals surface area contributed by atoms with E-state index >= 15 is 0 Å². The first-order valence-corrected chi connectivity index (χ1v) is 13.7. The summed E-state index contributed by atoms with van der Waals surface area (Å²) < 4.78 is 33.0. The van der Waals surface area contributed by atoms with E-state index in [1.54, 1.807) is 23.2 Å². The van der Waals surface area contributed by atoms with Gasteiger partial charge in [0.25, 0.3) is 5.91 Å². The predicted molar refractivity (Wildman–Crippen MR) is 135 cm³/mol. The Bertz CT molecular complexity index is 1430. The van der Waals surface area contributed by atoms with Crippen LogP contribution in [0.5, 0.6) is 0 Å². The smallest absolute Gasteiger partial charge is 0.276 e. The highest BCUT2D eigenvalue weighted by molar-refractivity contribution is 7.91. The van der Waals surface area contributed by atoms with Crippen molar-refractivity contribution in [3.8, 4) is 11.3 Å². The lowest BCUT2D eigenvalue weighted by Gasteiger charge is -2.31. The topological polar surface area (TPSA) is 98.3 Å². The van der Waals surface area contributed by atoms with Crippen molar-refractivity contribution in [2.75, 3.05) is 18.8 Å². The van der Waals surface area contributed by atoms with Gasteiger partial charge in [-0.1, -0.05) is 48.0 Å². The number of aromatic nitrogens is 3. The van der Waals surface area contributed by atoms with Crippen LogP contribution < -0.4 is 0 Å². The van der Waals surface area contributed by atoms with Crippen LogP contribution in [0, 0.1) is 6.92 Å². The number of rotatable bonds is 7. The average Bonchev–Trinajstić information content (AvgIpc) is 3.58. The van der Waals surface area contributed by atoms with Crippen LogP contribution in [0.15, 0.2) is 82.7 Å². The van der Waals surface area contributed by atoms with E-state index in [0.29, 0.717) is 36.0 Å². The molecule has 8 nitrogen and oxygen atoms in total. The zero-order chi connectivity index (χ0) is 25.1. The third-order valence-electron chi connectivity index (χ3n) is 6.68. The molecular weight excluding hydrogens is 476 g/mol. The largest absolute Gasteiger partial charge is 0.443 e. The number of amides is 1. The molecule has 0 spiro atoms. The van der Waals surface area contributed by atoms with E-state index in [1.807, 2.05) is 60.2 Å². The summed E-state index contributed by atoms with van der Waals surface area (Å²) >= 11 is 0. The van der Waals surface area contributed by atoms with Gasteiger partial charge in [-0.15, -0.1) is 0 Å². The molecule has 0 bridgehead atoms. The molecule has 1 aliphatic heterocycles. The van der Waals surface area contributed by atoms with E-state index in [2.05, 4.69) is 9.97 Å². The summed E-state index contributed by atoms with van der Waals surface area (Å²) in [4.78, 5) is 24.1. The molecule has 0 saturated carbocycles. The molecule has 36 heavy (non-hydrogen) atoms. The lowest BCUT2D eigenvalue weighted by molar-refractivity contribution is 0.0705. The van der Waals surface area contributed by atoms with Crippen molar-refractivity contribution < 1.29 is 17.6 Å². The zero-order valence-corrected chi connectivity index (χ0v) is 20.9. The van der Waals surface area contributed by atoms with E-state index in [9.17, 15) is 13.2 Å². The molecule has 2 aromatic carbocycles. The Balaban J connectivity index is 1.22. The summed E-state index contributed by atoms with van der Waals surface area (Å²) in [5.74, 6) is 1.36. The van der Waals surface area contributed by atoms with E-state index in [-0.39, 0.29) is 17.6 Å². The molecule has 2 aromatic heterocycles. The number of benzene rings is 2. The van der Waals surface area contributed by atoms with Gasteiger partial charge in [0.15, 0.2) is 27.7 Å². The summed E-state index contributed by atoms with van der Waals surface area (Å²) in [6.07, 6.45) is 6.34. The van der Waals surface area contributed by atoms with Crippen LogP contribution in [0.25, 0.3) is 11.3 Å². The van der Waals surface area contributed by atoms with E-state index < -0.39 is 9.84 Å². The third kappa shape index (κ3) is 4.97. The third-order valence-corrected chi connectivity index (χ3v) is 8.39. The maximum absolute atomic E-state index is 13.2. The molecule has 1 aliphatic rings. The fraction of sp³-hybridized carbons (Fsp3) is 0.296. The number of oxazole rings is 1. The molecule has 0 atom stereocenters. The second kappa shape index (κ2) is 10.1. The number of piperidine rings is 1. The standard InChI is InChI=1S/C27H28N4O4S/c1-20-7-9-23(10-8-20)36(33,34)18-17-30-16-13-28-26(30)22-11-14-31(15-12-22)27(32)24-25(35-19-29-24)21-5-3-2-4-6-21/h2-10,13,16,19,22H,11-12,14-15,17-18H2,1H3. The maximum Gasteiger partial charge on any atom is 0.276 e. The summed E-state index contributed by atoms with van der Waals surface area (Å²) in [6.45, 7) is 3.41. The minimum absolute atomic E-state index is 0.00513. The molecule has 0 aliphatic carbocycles. The first-order valence-electron chi connectivity index (χ1n) is 12.0. The number of likely N-dealkylation sites (tertiary alicyclic amines) is 1. The number of hydrogen-bond acceptors (Lipinski definition) is 6. The van der Waals surface area contributed by atoms with Gasteiger partial charge >= 0.3 is 0 Å². The van der Waals surface area contributed by atoms with Crippen molar-refractivity contribution in [2.24, 2.45) is 0 Å². The van der Waals surface area contributed by atoms with Crippen molar-refractivity contribution in [3.63, 3.8) is 0 Å². The Morgan fingerprint density at radius 3 is 2.47 bits per heavy atom. The quantitative estimate of drug-likeness (QED) is 0.371. The SMILES string of the molecule is Cc1ccc(S(=O)(=O)CCn2ccnc2C2CCN(C(=O)c3ncoc3-c3ccccc3)CC2)cc1. The molecule has 4 aromatic rings. The summed E-state index contributed by atoms with van der Waals surface area (Å²) in [5, 5.41) is 0. The van der Waals surface area contributed by atoms with Gasteiger partial charge in [0.05, 0.1) is 10.6 Å². The van der Waals surface area contributed by atoms with Gasteiger partial charge in [0.2, 0.25) is 0 Å². The summed E-state index contributed by atoms with van der Waals surface area (Å²) in [5.41, 5.74) is 2.16. The van der Waals surface area contributed by atoms with E-state index in [1.165, 1.54) is 6.39 Å². The van der Waals surface area contributed by atoms with Gasteiger partial charge in [0.1, 0.15) is 5.82 Å². The van der Waals surface area contributed by atoms with Crippen LogP contribution >= 0.6 is 0 Å². The maximum atomic E-state index is 13.2. The molecule has 1 saturated heterocycles. The number of nitrogens with zero attached hydrogens (tertiary/aromatic N) is 4. The first kappa shape index (κ1) is 24.0. The fourth-order valence-corrected chi connectivity index (χ4v) is 5.86. The number of imidazole rings is 1. The molecule has 0 radical (unpaired) electrons. The zero-order valence-electron chi connectivity index (χ0n) is 20.1. The highest BCUT2D eigenvalue weighted by atomic mass is 32.2. The molecule has 0 N–H and O–H groups in total. The number of aryl methyl sites for hydroxylation is 2. The Labute approximate surface area is 210 Å². The lowest BCUT2D eigenvalue weighted by Crippen LogP contribution is -2.38. The van der Waals surface area contributed by atoms with Crippen molar-refractivity contribution in [1.82, 2.24) is 19.4 Å². The second-order valence-electron chi connectivity index (χ2n) is 9.07. The van der Waals surface area contributed by atoms with Crippen LogP contribution in [0.3, 0.4) is 0 Å². The van der Waals surface area contributed by atoms with Crippen LogP contribution in [0.2, 0.25) is 0 Å². The van der Waals surface area contributed by atoms with E-state index in [4.69, 9.17) is 4.42 Å². The number of carbonyl (C=O) groups is 1. The highest BCUT2D eigenvalue weighted by Gasteiger charge is 2.30. The Hall–Kier alpha value is -3.72. The molecule has 0 unspecified atom stereocenters. The van der Waals surface area contributed by atoms with Gasteiger partial charge in [-0.05, 0) is 31.9 Å². The van der Waals surface area contributed by atoms with Crippen molar-refractivity contribution in [3.05, 3.63) is 90.5 Å². The molecule has 186 valence electrons. The minimum atomic E-state index is -3.39. The van der Waals surface area contributed by atoms with Crippen LogP contribution in [0.4, 0.5) is 0 Å². The van der Waals surface area contributed by atoms with Gasteiger partial charge in [-0.3, -0.25) is 4.79 Å². The molecule has 1 amide bonds. The fourth-order valence-electron chi connectivity index (χ4n) is 4.64. The molecule has 3 heterocycles. The van der Waals surface area contributed by atoms with Gasteiger partial charge < -0.3 is 13.9 Å². The van der Waals surface area contributed by atoms with Gasteiger partial charge in [-0.2, -0.15) is 0 Å². The number of hydrogen-bond donors (Lipinski definition) is 0. The van der Waals surface area contributed by atoms with Crippen LogP contribution in [-0.4, -0.2) is 52.6 Å². The van der Waals surface area contributed by atoms with Gasteiger partial charge in [0, 0.05) is 43.5 Å². The van der Waals surface area contributed by atoms with Gasteiger partial charge in [-0.25, -0.2) is 18.4 Å². The first-order chi connectivity index (χ1) is 17.4. The average molecular weight is 505 g/mol. The molecular formula is C27H28N4O4S. The monoisotopic (exact) mass is 504 g/mol. The Kier molecular flexibility index (Phi) is 6.73. The van der Waals surface area contributed by atoms with E-state index in [0.717, 1.165) is 29.8 Å². The predicted octanol–water partition coefficient (Wildman–Crippen LogP) is 4.34. The van der Waals surface area contributed by atoms with Crippen molar-refractivity contribution in [1.29, 1.82) is 0 Å². The molecule has 9 heteroatoms. The second-order valence-corrected chi connectivity index (χ2v) is 11.2. The summed E-state index contributed by atoms with van der Waals surface area (Å²) in [6, 6.07) is 16.4. The normalized spacial score (nSPS) is 14.8. The lowest BCUT2D eigenvalue weighted by atomic mass is 9.95. The van der Waals surface area contributed by atoms with Crippen molar-refractivity contribution >= 4 is 15.7 Å². The van der Waals surface area contributed by atoms with Crippen LogP contribution in [-0.2, 0) is 16.4 Å². The number of sulfone groups is 1.